The molecule has 0 atom stereocenters. The zero-order chi connectivity index (χ0) is 20.1. The third-order valence-electron chi connectivity index (χ3n) is 3.87. The maximum atomic E-state index is 13.8. The number of carbonyl (C=O) groups excluding carboxylic acids is 1. The van der Waals surface area contributed by atoms with Gasteiger partial charge in [-0.25, -0.2) is 17.5 Å². The van der Waals surface area contributed by atoms with Gasteiger partial charge in [-0.2, -0.15) is 0 Å². The summed E-state index contributed by atoms with van der Waals surface area (Å²) < 4.78 is 44.9. The van der Waals surface area contributed by atoms with Gasteiger partial charge < -0.3 is 9.73 Å². The van der Waals surface area contributed by atoms with Crippen molar-refractivity contribution >= 4 is 27.7 Å². The molecule has 0 saturated carbocycles. The molecule has 3 aromatic rings. The lowest BCUT2D eigenvalue weighted by molar-refractivity contribution is -0.111. The fourth-order valence-corrected chi connectivity index (χ4v) is 3.16. The molecule has 0 unspecified atom stereocenters. The molecule has 28 heavy (non-hydrogen) atoms. The maximum absolute atomic E-state index is 13.8. The average Bonchev–Trinajstić information content (AvgIpc) is 3.16. The number of amides is 1. The SMILES string of the molecule is CNS(=O)(=O)c1ccc(NC(=O)/C=C/c2ccc(-c3ccccc3F)o2)cc1. The number of carbonyl (C=O) groups is 1. The molecule has 0 radical (unpaired) electrons. The Bertz CT molecular complexity index is 1120. The van der Waals surface area contributed by atoms with Gasteiger partial charge >= 0.3 is 0 Å². The molecule has 0 aliphatic rings. The molecule has 0 spiro atoms. The van der Waals surface area contributed by atoms with Crippen LogP contribution < -0.4 is 10.0 Å². The smallest absolute Gasteiger partial charge is 0.248 e. The lowest BCUT2D eigenvalue weighted by Gasteiger charge is -2.05. The van der Waals surface area contributed by atoms with E-state index in [1.54, 1.807) is 30.3 Å². The number of furan rings is 1. The van der Waals surface area contributed by atoms with Crippen molar-refractivity contribution in [3.63, 3.8) is 0 Å². The summed E-state index contributed by atoms with van der Waals surface area (Å²) in [5.74, 6) is -0.0646. The van der Waals surface area contributed by atoms with E-state index in [1.807, 2.05) is 0 Å². The van der Waals surface area contributed by atoms with E-state index in [9.17, 15) is 17.6 Å². The van der Waals surface area contributed by atoms with Crippen molar-refractivity contribution in [1.29, 1.82) is 0 Å². The van der Waals surface area contributed by atoms with E-state index < -0.39 is 21.7 Å². The quantitative estimate of drug-likeness (QED) is 0.618. The predicted octanol–water partition coefficient (Wildman–Crippen LogP) is 3.65. The van der Waals surface area contributed by atoms with Crippen LogP contribution in [0, 0.1) is 5.82 Å². The number of benzene rings is 2. The predicted molar refractivity (Wildman–Crippen MR) is 104 cm³/mol. The Morgan fingerprint density at radius 2 is 1.75 bits per heavy atom. The first kappa shape index (κ1) is 19.5. The molecule has 0 aliphatic carbocycles. The van der Waals surface area contributed by atoms with Gasteiger partial charge in [-0.3, -0.25) is 4.79 Å². The fraction of sp³-hybridized carbons (Fsp3) is 0.0500. The van der Waals surface area contributed by atoms with Crippen molar-refractivity contribution in [3.8, 4) is 11.3 Å². The number of halogens is 1. The minimum Gasteiger partial charge on any atom is -0.457 e. The molecule has 8 heteroatoms. The zero-order valence-corrected chi connectivity index (χ0v) is 15.7. The molecule has 2 N–H and O–H groups in total. The van der Waals surface area contributed by atoms with Gasteiger partial charge in [-0.1, -0.05) is 12.1 Å². The summed E-state index contributed by atoms with van der Waals surface area (Å²) in [6.45, 7) is 0. The van der Waals surface area contributed by atoms with Crippen LogP contribution in [0.5, 0.6) is 0 Å². The molecule has 1 amide bonds. The average molecular weight is 400 g/mol. The van der Waals surface area contributed by atoms with E-state index in [4.69, 9.17) is 4.42 Å². The highest BCUT2D eigenvalue weighted by Gasteiger charge is 2.11. The van der Waals surface area contributed by atoms with E-state index in [2.05, 4.69) is 10.0 Å². The van der Waals surface area contributed by atoms with E-state index in [0.29, 0.717) is 22.8 Å². The largest absolute Gasteiger partial charge is 0.457 e. The number of sulfonamides is 1. The fourth-order valence-electron chi connectivity index (χ4n) is 2.43. The van der Waals surface area contributed by atoms with Crippen molar-refractivity contribution in [2.75, 3.05) is 12.4 Å². The van der Waals surface area contributed by atoms with Crippen LogP contribution in [0.4, 0.5) is 10.1 Å². The number of hydrogen-bond acceptors (Lipinski definition) is 4. The molecule has 144 valence electrons. The number of rotatable bonds is 6. The van der Waals surface area contributed by atoms with Crippen LogP contribution in [-0.2, 0) is 14.8 Å². The first-order valence-corrected chi connectivity index (χ1v) is 9.75. The van der Waals surface area contributed by atoms with Crippen LogP contribution >= 0.6 is 0 Å². The summed E-state index contributed by atoms with van der Waals surface area (Å²) in [7, 11) is -2.21. The van der Waals surface area contributed by atoms with Gasteiger partial charge in [0.15, 0.2) is 0 Å². The van der Waals surface area contributed by atoms with Gasteiger partial charge in [0.25, 0.3) is 0 Å². The second-order valence-corrected chi connectivity index (χ2v) is 7.62. The van der Waals surface area contributed by atoms with Crippen molar-refractivity contribution in [2.45, 2.75) is 4.90 Å². The number of hydrogen-bond donors (Lipinski definition) is 2. The molecule has 3 rings (SSSR count). The normalized spacial score (nSPS) is 11.6. The molecule has 1 aromatic heterocycles. The molecule has 0 saturated heterocycles. The van der Waals surface area contributed by atoms with Gasteiger partial charge in [0.1, 0.15) is 17.3 Å². The van der Waals surface area contributed by atoms with Crippen LogP contribution in [0.25, 0.3) is 17.4 Å². The topological polar surface area (TPSA) is 88.4 Å². The highest BCUT2D eigenvalue weighted by molar-refractivity contribution is 7.89. The monoisotopic (exact) mass is 400 g/mol. The molecule has 0 fully saturated rings. The first-order valence-electron chi connectivity index (χ1n) is 8.26. The lowest BCUT2D eigenvalue weighted by atomic mass is 10.1. The van der Waals surface area contributed by atoms with E-state index in [1.165, 1.54) is 49.5 Å². The number of nitrogens with one attached hydrogen (secondary N) is 2. The molecular formula is C20H17FN2O4S. The summed E-state index contributed by atoms with van der Waals surface area (Å²) in [6, 6.07) is 15.2. The minimum absolute atomic E-state index is 0.0970. The Morgan fingerprint density at radius 1 is 1.04 bits per heavy atom. The van der Waals surface area contributed by atoms with Gasteiger partial charge in [0, 0.05) is 11.8 Å². The van der Waals surface area contributed by atoms with Gasteiger partial charge in [0.2, 0.25) is 15.9 Å². The van der Waals surface area contributed by atoms with Crippen molar-refractivity contribution in [3.05, 3.63) is 78.3 Å². The standard InChI is InChI=1S/C20H17FN2O4S/c1-22-28(25,26)16-10-6-14(7-11-16)23-20(24)13-9-15-8-12-19(27-15)17-4-2-3-5-18(17)21/h2-13,22H,1H3,(H,23,24)/b13-9+. The Kier molecular flexibility index (Phi) is 5.72. The zero-order valence-electron chi connectivity index (χ0n) is 14.8. The minimum atomic E-state index is -3.53. The van der Waals surface area contributed by atoms with E-state index >= 15 is 0 Å². The van der Waals surface area contributed by atoms with Crippen molar-refractivity contribution in [2.24, 2.45) is 0 Å². The van der Waals surface area contributed by atoms with Gasteiger partial charge in [0.05, 0.1) is 10.5 Å². The highest BCUT2D eigenvalue weighted by Crippen LogP contribution is 2.25. The Labute approximate surface area is 161 Å². The van der Waals surface area contributed by atoms with Crippen LogP contribution in [0.3, 0.4) is 0 Å². The molecule has 1 heterocycles. The van der Waals surface area contributed by atoms with Crippen LogP contribution in [0.2, 0.25) is 0 Å². The lowest BCUT2D eigenvalue weighted by Crippen LogP contribution is -2.18. The first-order chi connectivity index (χ1) is 13.4. The highest BCUT2D eigenvalue weighted by atomic mass is 32.2. The van der Waals surface area contributed by atoms with Crippen LogP contribution in [-0.4, -0.2) is 21.4 Å². The van der Waals surface area contributed by atoms with Crippen molar-refractivity contribution < 1.29 is 22.0 Å². The summed E-state index contributed by atoms with van der Waals surface area (Å²) >= 11 is 0. The number of anilines is 1. The van der Waals surface area contributed by atoms with Gasteiger partial charge in [-0.05, 0) is 61.7 Å². The molecule has 0 bridgehead atoms. The third kappa shape index (κ3) is 4.54. The third-order valence-corrected chi connectivity index (χ3v) is 5.30. The van der Waals surface area contributed by atoms with Gasteiger partial charge in [-0.15, -0.1) is 0 Å². The summed E-state index contributed by atoms with van der Waals surface area (Å²) in [6.07, 6.45) is 2.72. The van der Waals surface area contributed by atoms with E-state index in [0.717, 1.165) is 0 Å². The summed E-state index contributed by atoms with van der Waals surface area (Å²) in [5.41, 5.74) is 0.777. The molecular weight excluding hydrogens is 383 g/mol. The molecule has 2 aromatic carbocycles. The molecule has 6 nitrogen and oxygen atoms in total. The van der Waals surface area contributed by atoms with Crippen molar-refractivity contribution in [1.82, 2.24) is 4.72 Å². The Hall–Kier alpha value is -3.23. The Morgan fingerprint density at radius 3 is 2.43 bits per heavy atom. The summed E-state index contributed by atoms with van der Waals surface area (Å²) in [5, 5.41) is 2.61. The summed E-state index contributed by atoms with van der Waals surface area (Å²) in [4.78, 5) is 12.1. The maximum Gasteiger partial charge on any atom is 0.248 e. The second kappa shape index (κ2) is 8.20. The Balaban J connectivity index is 1.65. The second-order valence-electron chi connectivity index (χ2n) is 5.74. The molecule has 0 aliphatic heterocycles. The van der Waals surface area contributed by atoms with Crippen LogP contribution in [0.15, 0.2) is 76.1 Å². The van der Waals surface area contributed by atoms with E-state index in [-0.39, 0.29) is 4.90 Å². The van der Waals surface area contributed by atoms with Crippen LogP contribution in [0.1, 0.15) is 5.76 Å².